The van der Waals surface area contributed by atoms with Crippen LogP contribution in [-0.2, 0) is 13.6 Å². The Balaban J connectivity index is 2.19. The van der Waals surface area contributed by atoms with E-state index < -0.39 is 0 Å². The van der Waals surface area contributed by atoms with Crippen molar-refractivity contribution in [3.63, 3.8) is 0 Å². The molecule has 0 radical (unpaired) electrons. The SMILES string of the molecule is Cc1nn(C)c(C)c1CNc1ccccc1N(C)C. The van der Waals surface area contributed by atoms with Gasteiger partial charge in [-0.05, 0) is 26.0 Å². The average Bonchev–Trinajstić information content (AvgIpc) is 2.61. The molecule has 4 nitrogen and oxygen atoms in total. The Morgan fingerprint density at radius 1 is 1.21 bits per heavy atom. The highest BCUT2D eigenvalue weighted by molar-refractivity contribution is 5.69. The van der Waals surface area contributed by atoms with Crippen LogP contribution in [0, 0.1) is 13.8 Å². The van der Waals surface area contributed by atoms with Crippen LogP contribution in [0.2, 0.25) is 0 Å². The highest BCUT2D eigenvalue weighted by Gasteiger charge is 2.10. The van der Waals surface area contributed by atoms with Gasteiger partial charge >= 0.3 is 0 Å². The van der Waals surface area contributed by atoms with Gasteiger partial charge in [-0.15, -0.1) is 0 Å². The van der Waals surface area contributed by atoms with Crippen LogP contribution in [0.3, 0.4) is 0 Å². The first kappa shape index (κ1) is 13.5. The number of aromatic nitrogens is 2. The van der Waals surface area contributed by atoms with Crippen LogP contribution in [-0.4, -0.2) is 23.9 Å². The van der Waals surface area contributed by atoms with Gasteiger partial charge in [-0.1, -0.05) is 12.1 Å². The third kappa shape index (κ3) is 2.72. The molecule has 102 valence electrons. The Morgan fingerprint density at radius 2 is 1.89 bits per heavy atom. The highest BCUT2D eigenvalue weighted by atomic mass is 15.3. The molecule has 0 unspecified atom stereocenters. The zero-order valence-electron chi connectivity index (χ0n) is 12.4. The van der Waals surface area contributed by atoms with Crippen molar-refractivity contribution in [2.75, 3.05) is 24.3 Å². The summed E-state index contributed by atoms with van der Waals surface area (Å²) in [4.78, 5) is 2.12. The van der Waals surface area contributed by atoms with Crippen LogP contribution >= 0.6 is 0 Å². The summed E-state index contributed by atoms with van der Waals surface area (Å²) >= 11 is 0. The van der Waals surface area contributed by atoms with E-state index in [9.17, 15) is 0 Å². The van der Waals surface area contributed by atoms with Crippen LogP contribution < -0.4 is 10.2 Å². The van der Waals surface area contributed by atoms with Crippen LogP contribution in [0.5, 0.6) is 0 Å². The summed E-state index contributed by atoms with van der Waals surface area (Å²) in [6.07, 6.45) is 0. The molecule has 1 N–H and O–H groups in total. The summed E-state index contributed by atoms with van der Waals surface area (Å²) in [5, 5.41) is 7.96. The summed E-state index contributed by atoms with van der Waals surface area (Å²) in [5.74, 6) is 0. The number of anilines is 2. The van der Waals surface area contributed by atoms with Crippen LogP contribution in [0.4, 0.5) is 11.4 Å². The van der Waals surface area contributed by atoms with Gasteiger partial charge in [0.05, 0.1) is 17.1 Å². The molecule has 0 fully saturated rings. The number of hydrogen-bond acceptors (Lipinski definition) is 3. The lowest BCUT2D eigenvalue weighted by Gasteiger charge is -2.18. The monoisotopic (exact) mass is 258 g/mol. The van der Waals surface area contributed by atoms with Gasteiger partial charge in [0.1, 0.15) is 0 Å². The second-order valence-corrected chi connectivity index (χ2v) is 5.04. The molecule has 0 saturated carbocycles. The van der Waals surface area contributed by atoms with Gasteiger partial charge in [-0.25, -0.2) is 0 Å². The minimum Gasteiger partial charge on any atom is -0.379 e. The van der Waals surface area contributed by atoms with E-state index in [1.165, 1.54) is 16.9 Å². The molecule has 0 amide bonds. The van der Waals surface area contributed by atoms with Crippen molar-refractivity contribution in [2.45, 2.75) is 20.4 Å². The Bertz CT molecular complexity index is 570. The maximum absolute atomic E-state index is 4.45. The van der Waals surface area contributed by atoms with Crippen molar-refractivity contribution in [3.8, 4) is 0 Å². The quantitative estimate of drug-likeness (QED) is 0.915. The minimum atomic E-state index is 0.802. The van der Waals surface area contributed by atoms with Gasteiger partial charge in [0, 0.05) is 38.9 Å². The second kappa shape index (κ2) is 5.34. The summed E-state index contributed by atoms with van der Waals surface area (Å²) in [6.45, 7) is 4.97. The van der Waals surface area contributed by atoms with Crippen LogP contribution in [0.15, 0.2) is 24.3 Å². The molecule has 1 aromatic carbocycles. The van der Waals surface area contributed by atoms with Gasteiger partial charge in [0.15, 0.2) is 0 Å². The first-order chi connectivity index (χ1) is 9.00. The van der Waals surface area contributed by atoms with Crippen molar-refractivity contribution in [1.29, 1.82) is 0 Å². The Hall–Kier alpha value is -1.97. The molecule has 2 aromatic rings. The minimum absolute atomic E-state index is 0.802. The lowest BCUT2D eigenvalue weighted by Crippen LogP contribution is -2.12. The van der Waals surface area contributed by atoms with Crippen molar-refractivity contribution in [1.82, 2.24) is 9.78 Å². The molecule has 0 aliphatic carbocycles. The van der Waals surface area contributed by atoms with E-state index in [0.717, 1.165) is 17.9 Å². The molecular weight excluding hydrogens is 236 g/mol. The number of hydrogen-bond donors (Lipinski definition) is 1. The molecule has 4 heteroatoms. The smallest absolute Gasteiger partial charge is 0.0646 e. The predicted molar refractivity (Wildman–Crippen MR) is 80.8 cm³/mol. The van der Waals surface area contributed by atoms with Crippen LogP contribution in [0.1, 0.15) is 17.0 Å². The molecule has 0 aliphatic heterocycles. The van der Waals surface area contributed by atoms with E-state index in [2.05, 4.69) is 67.5 Å². The lowest BCUT2D eigenvalue weighted by molar-refractivity contribution is 0.730. The second-order valence-electron chi connectivity index (χ2n) is 5.04. The molecule has 2 rings (SSSR count). The van der Waals surface area contributed by atoms with Gasteiger partial charge < -0.3 is 10.2 Å². The van der Waals surface area contributed by atoms with Crippen molar-refractivity contribution in [2.24, 2.45) is 7.05 Å². The molecule has 0 atom stereocenters. The Kier molecular flexibility index (Phi) is 3.79. The van der Waals surface area contributed by atoms with Crippen molar-refractivity contribution in [3.05, 3.63) is 41.2 Å². The zero-order valence-corrected chi connectivity index (χ0v) is 12.4. The maximum Gasteiger partial charge on any atom is 0.0646 e. The Morgan fingerprint density at radius 3 is 2.47 bits per heavy atom. The summed E-state index contributed by atoms with van der Waals surface area (Å²) in [7, 11) is 6.10. The summed E-state index contributed by atoms with van der Waals surface area (Å²) < 4.78 is 1.93. The van der Waals surface area contributed by atoms with Crippen LogP contribution in [0.25, 0.3) is 0 Å². The number of nitrogens with one attached hydrogen (secondary N) is 1. The van der Waals surface area contributed by atoms with E-state index in [0.29, 0.717) is 0 Å². The average molecular weight is 258 g/mol. The standard InChI is InChI=1S/C15H22N4/c1-11-13(12(2)19(5)17-11)10-16-14-8-6-7-9-15(14)18(3)4/h6-9,16H,10H2,1-5H3. The fraction of sp³-hybridized carbons (Fsp3) is 0.400. The van der Waals surface area contributed by atoms with Gasteiger partial charge in [-0.3, -0.25) is 4.68 Å². The number of para-hydroxylation sites is 2. The molecular formula is C15H22N4. The molecule has 0 aliphatic rings. The lowest BCUT2D eigenvalue weighted by atomic mass is 10.2. The third-order valence-corrected chi connectivity index (χ3v) is 3.50. The molecule has 19 heavy (non-hydrogen) atoms. The summed E-state index contributed by atoms with van der Waals surface area (Å²) in [5.41, 5.74) is 5.93. The van der Waals surface area contributed by atoms with E-state index in [-0.39, 0.29) is 0 Å². The number of benzene rings is 1. The van der Waals surface area contributed by atoms with E-state index >= 15 is 0 Å². The normalized spacial score (nSPS) is 10.6. The largest absolute Gasteiger partial charge is 0.379 e. The van der Waals surface area contributed by atoms with E-state index in [1.54, 1.807) is 0 Å². The van der Waals surface area contributed by atoms with E-state index in [1.807, 2.05) is 11.7 Å². The predicted octanol–water partition coefficient (Wildman–Crippen LogP) is 2.72. The van der Waals surface area contributed by atoms with Crippen molar-refractivity contribution < 1.29 is 0 Å². The molecule has 0 spiro atoms. The zero-order chi connectivity index (χ0) is 14.0. The maximum atomic E-state index is 4.45. The molecule has 1 heterocycles. The molecule has 0 bridgehead atoms. The first-order valence-electron chi connectivity index (χ1n) is 6.50. The van der Waals surface area contributed by atoms with Gasteiger partial charge in [0.2, 0.25) is 0 Å². The van der Waals surface area contributed by atoms with Gasteiger partial charge in [0.25, 0.3) is 0 Å². The van der Waals surface area contributed by atoms with Gasteiger partial charge in [-0.2, -0.15) is 5.10 Å². The summed E-state index contributed by atoms with van der Waals surface area (Å²) in [6, 6.07) is 8.33. The highest BCUT2D eigenvalue weighted by Crippen LogP contribution is 2.24. The molecule has 0 saturated heterocycles. The topological polar surface area (TPSA) is 33.1 Å². The van der Waals surface area contributed by atoms with Crippen molar-refractivity contribution >= 4 is 11.4 Å². The van der Waals surface area contributed by atoms with E-state index in [4.69, 9.17) is 0 Å². The first-order valence-corrected chi connectivity index (χ1v) is 6.50. The Labute approximate surface area is 115 Å². The number of nitrogens with zero attached hydrogens (tertiary/aromatic N) is 3. The number of rotatable bonds is 4. The fourth-order valence-electron chi connectivity index (χ4n) is 2.27. The third-order valence-electron chi connectivity index (χ3n) is 3.50. The fourth-order valence-corrected chi connectivity index (χ4v) is 2.27. The number of aryl methyl sites for hydroxylation is 2. The molecule has 1 aromatic heterocycles.